The van der Waals surface area contributed by atoms with Crippen molar-refractivity contribution in [3.8, 4) is 0 Å². The van der Waals surface area contributed by atoms with Gasteiger partial charge in [0.05, 0.1) is 5.92 Å². The summed E-state index contributed by atoms with van der Waals surface area (Å²) in [7, 11) is 0. The third kappa shape index (κ3) is 2.92. The molecule has 92 valence electrons. The summed E-state index contributed by atoms with van der Waals surface area (Å²) in [4.78, 5) is 5.67. The van der Waals surface area contributed by atoms with Crippen LogP contribution >= 0.6 is 11.3 Å². The summed E-state index contributed by atoms with van der Waals surface area (Å²) in [6.45, 7) is 4.05. The van der Waals surface area contributed by atoms with Gasteiger partial charge >= 0.3 is 0 Å². The summed E-state index contributed by atoms with van der Waals surface area (Å²) >= 11 is 1.70. The molecule has 0 saturated carbocycles. The fourth-order valence-corrected chi connectivity index (χ4v) is 2.53. The lowest BCUT2D eigenvalue weighted by Gasteiger charge is -2.13. The summed E-state index contributed by atoms with van der Waals surface area (Å²) in [6, 6.07) is 4.14. The average Bonchev–Trinajstić information content (AvgIpc) is 2.91. The summed E-state index contributed by atoms with van der Waals surface area (Å²) in [5.74, 6) is 1.55. The second kappa shape index (κ2) is 5.42. The SMILES string of the molecule is CCC(c1nc(Cc2cccs2)no1)C(C)N. The number of aromatic nitrogens is 2. The molecule has 0 amide bonds. The molecule has 2 unspecified atom stereocenters. The number of thiophene rings is 1. The van der Waals surface area contributed by atoms with Crippen LogP contribution in [0.15, 0.2) is 22.0 Å². The van der Waals surface area contributed by atoms with E-state index in [1.54, 1.807) is 11.3 Å². The van der Waals surface area contributed by atoms with Crippen molar-refractivity contribution in [3.05, 3.63) is 34.1 Å². The van der Waals surface area contributed by atoms with E-state index in [9.17, 15) is 0 Å². The number of hydrogen-bond donors (Lipinski definition) is 1. The van der Waals surface area contributed by atoms with Gasteiger partial charge in [0, 0.05) is 17.3 Å². The Hall–Kier alpha value is -1.20. The van der Waals surface area contributed by atoms with Crippen LogP contribution in [0.25, 0.3) is 0 Å². The molecule has 0 radical (unpaired) electrons. The van der Waals surface area contributed by atoms with Gasteiger partial charge in [-0.3, -0.25) is 0 Å². The van der Waals surface area contributed by atoms with Gasteiger partial charge in [0.1, 0.15) is 0 Å². The van der Waals surface area contributed by atoms with E-state index in [-0.39, 0.29) is 12.0 Å². The molecule has 2 heterocycles. The zero-order valence-corrected chi connectivity index (χ0v) is 10.9. The molecule has 0 aliphatic carbocycles. The maximum atomic E-state index is 5.90. The molecule has 0 bridgehead atoms. The Morgan fingerprint density at radius 3 is 2.94 bits per heavy atom. The van der Waals surface area contributed by atoms with Crippen LogP contribution in [0.2, 0.25) is 0 Å². The fourth-order valence-electron chi connectivity index (χ4n) is 1.83. The van der Waals surface area contributed by atoms with Crippen molar-refractivity contribution < 1.29 is 4.52 Å². The van der Waals surface area contributed by atoms with Crippen molar-refractivity contribution in [2.45, 2.75) is 38.6 Å². The van der Waals surface area contributed by atoms with E-state index >= 15 is 0 Å². The summed E-state index contributed by atoms with van der Waals surface area (Å²) in [5, 5.41) is 6.06. The normalized spacial score (nSPS) is 14.8. The Balaban J connectivity index is 2.10. The van der Waals surface area contributed by atoms with Crippen molar-refractivity contribution in [3.63, 3.8) is 0 Å². The molecule has 2 rings (SSSR count). The van der Waals surface area contributed by atoms with E-state index in [1.165, 1.54) is 4.88 Å². The van der Waals surface area contributed by atoms with Crippen LogP contribution in [0, 0.1) is 0 Å². The number of hydrogen-bond acceptors (Lipinski definition) is 5. The van der Waals surface area contributed by atoms with E-state index in [0.29, 0.717) is 5.89 Å². The van der Waals surface area contributed by atoms with Crippen molar-refractivity contribution in [1.29, 1.82) is 0 Å². The van der Waals surface area contributed by atoms with Crippen molar-refractivity contribution in [2.75, 3.05) is 0 Å². The van der Waals surface area contributed by atoms with E-state index in [1.807, 2.05) is 18.4 Å². The number of nitrogens with two attached hydrogens (primary N) is 1. The van der Waals surface area contributed by atoms with E-state index < -0.39 is 0 Å². The molecule has 0 spiro atoms. The molecule has 0 fully saturated rings. The zero-order valence-electron chi connectivity index (χ0n) is 10.1. The molecule has 2 atom stereocenters. The Bertz CT molecular complexity index is 450. The van der Waals surface area contributed by atoms with Crippen LogP contribution in [0.3, 0.4) is 0 Å². The monoisotopic (exact) mass is 251 g/mol. The van der Waals surface area contributed by atoms with Gasteiger partial charge < -0.3 is 10.3 Å². The number of nitrogens with zero attached hydrogens (tertiary/aromatic N) is 2. The Morgan fingerprint density at radius 1 is 1.53 bits per heavy atom. The zero-order chi connectivity index (χ0) is 12.3. The molecule has 4 nitrogen and oxygen atoms in total. The van der Waals surface area contributed by atoms with Crippen molar-refractivity contribution in [1.82, 2.24) is 10.1 Å². The van der Waals surface area contributed by atoms with Gasteiger partial charge in [-0.05, 0) is 24.8 Å². The molecule has 0 saturated heterocycles. The maximum absolute atomic E-state index is 5.90. The predicted molar refractivity (Wildman–Crippen MR) is 68.1 cm³/mol. The standard InChI is InChI=1S/C12H17N3OS/c1-3-10(8(2)13)12-14-11(15-16-12)7-9-5-4-6-17-9/h4-6,8,10H,3,7,13H2,1-2H3. The van der Waals surface area contributed by atoms with Crippen LogP contribution in [-0.2, 0) is 6.42 Å². The van der Waals surface area contributed by atoms with Gasteiger partial charge in [-0.1, -0.05) is 18.1 Å². The van der Waals surface area contributed by atoms with Gasteiger partial charge in [0.15, 0.2) is 5.82 Å². The van der Waals surface area contributed by atoms with Crippen LogP contribution in [-0.4, -0.2) is 16.2 Å². The van der Waals surface area contributed by atoms with Crippen LogP contribution in [0.1, 0.15) is 42.8 Å². The molecular weight excluding hydrogens is 234 g/mol. The smallest absolute Gasteiger partial charge is 0.231 e. The molecule has 5 heteroatoms. The van der Waals surface area contributed by atoms with Crippen molar-refractivity contribution in [2.24, 2.45) is 5.73 Å². The molecular formula is C12H17N3OS. The summed E-state index contributed by atoms with van der Waals surface area (Å²) < 4.78 is 5.29. The maximum Gasteiger partial charge on any atom is 0.231 e. The minimum atomic E-state index is 0.0371. The highest BCUT2D eigenvalue weighted by Crippen LogP contribution is 2.21. The van der Waals surface area contributed by atoms with E-state index in [4.69, 9.17) is 10.3 Å². The second-order valence-corrected chi connectivity index (χ2v) is 5.21. The minimum absolute atomic E-state index is 0.0371. The Kier molecular flexibility index (Phi) is 3.91. The molecule has 0 aliphatic heterocycles. The van der Waals surface area contributed by atoms with Gasteiger partial charge in [0.2, 0.25) is 5.89 Å². The lowest BCUT2D eigenvalue weighted by molar-refractivity contribution is 0.331. The number of rotatable bonds is 5. The van der Waals surface area contributed by atoms with Gasteiger partial charge in [-0.2, -0.15) is 4.98 Å². The van der Waals surface area contributed by atoms with Crippen LogP contribution < -0.4 is 5.73 Å². The molecule has 2 N–H and O–H groups in total. The Labute approximate surface area is 105 Å². The van der Waals surface area contributed by atoms with Crippen LogP contribution in [0.5, 0.6) is 0 Å². The molecule has 2 aromatic heterocycles. The minimum Gasteiger partial charge on any atom is -0.339 e. The van der Waals surface area contributed by atoms with Gasteiger partial charge in [0.25, 0.3) is 0 Å². The third-order valence-electron chi connectivity index (χ3n) is 2.79. The van der Waals surface area contributed by atoms with E-state index in [2.05, 4.69) is 23.1 Å². The third-order valence-corrected chi connectivity index (χ3v) is 3.66. The summed E-state index contributed by atoms with van der Waals surface area (Å²) in [6.07, 6.45) is 1.65. The first-order chi connectivity index (χ1) is 8.20. The molecule has 0 aliphatic rings. The average molecular weight is 251 g/mol. The lowest BCUT2D eigenvalue weighted by Crippen LogP contribution is -2.24. The Morgan fingerprint density at radius 2 is 2.35 bits per heavy atom. The van der Waals surface area contributed by atoms with Gasteiger partial charge in [-0.15, -0.1) is 11.3 Å². The first-order valence-corrected chi connectivity index (χ1v) is 6.69. The first kappa shape index (κ1) is 12.3. The largest absolute Gasteiger partial charge is 0.339 e. The second-order valence-electron chi connectivity index (χ2n) is 4.18. The fraction of sp³-hybridized carbons (Fsp3) is 0.500. The van der Waals surface area contributed by atoms with Crippen molar-refractivity contribution >= 4 is 11.3 Å². The highest BCUT2D eigenvalue weighted by Gasteiger charge is 2.21. The molecule has 0 aromatic carbocycles. The van der Waals surface area contributed by atoms with Crippen LogP contribution in [0.4, 0.5) is 0 Å². The summed E-state index contributed by atoms with van der Waals surface area (Å²) in [5.41, 5.74) is 5.90. The quantitative estimate of drug-likeness (QED) is 0.887. The highest BCUT2D eigenvalue weighted by atomic mass is 32.1. The van der Waals surface area contributed by atoms with E-state index in [0.717, 1.165) is 18.7 Å². The first-order valence-electron chi connectivity index (χ1n) is 5.81. The lowest BCUT2D eigenvalue weighted by atomic mass is 9.99. The highest BCUT2D eigenvalue weighted by molar-refractivity contribution is 7.09. The predicted octanol–water partition coefficient (Wildman–Crippen LogP) is 2.56. The topological polar surface area (TPSA) is 64.9 Å². The molecule has 17 heavy (non-hydrogen) atoms. The van der Waals surface area contributed by atoms with Gasteiger partial charge in [-0.25, -0.2) is 0 Å². The molecule has 2 aromatic rings.